The van der Waals surface area contributed by atoms with E-state index in [9.17, 15) is 4.79 Å². The number of nitrogens with zero attached hydrogens (tertiary/aromatic N) is 1. The Morgan fingerprint density at radius 1 is 1.22 bits per heavy atom. The molecule has 3 heteroatoms. The summed E-state index contributed by atoms with van der Waals surface area (Å²) >= 11 is 0. The van der Waals surface area contributed by atoms with Crippen LogP contribution in [0.15, 0.2) is 0 Å². The summed E-state index contributed by atoms with van der Waals surface area (Å²) in [4.78, 5) is 14.5. The van der Waals surface area contributed by atoms with E-state index in [1.54, 1.807) is 0 Å². The average molecular weight is 250 g/mol. The van der Waals surface area contributed by atoms with E-state index >= 15 is 0 Å². The zero-order valence-corrected chi connectivity index (χ0v) is 11.9. The molecule has 1 aliphatic heterocycles. The fourth-order valence-electron chi connectivity index (χ4n) is 3.52. The Balaban J connectivity index is 1.70. The molecule has 0 bridgehead atoms. The molecular weight excluding hydrogens is 224 g/mol. The smallest absolute Gasteiger partial charge is 0.240 e. The van der Waals surface area contributed by atoms with Gasteiger partial charge in [0.25, 0.3) is 0 Å². The van der Waals surface area contributed by atoms with Gasteiger partial charge in [0.1, 0.15) is 0 Å². The number of hydrogen-bond donors (Lipinski definition) is 1. The van der Waals surface area contributed by atoms with E-state index in [2.05, 4.69) is 24.1 Å². The fraction of sp³-hybridized carbons (Fsp3) is 0.933. The van der Waals surface area contributed by atoms with Crippen LogP contribution in [0.5, 0.6) is 0 Å². The second-order valence-electron chi connectivity index (χ2n) is 6.91. The number of carbonyl (C=O) groups is 1. The summed E-state index contributed by atoms with van der Waals surface area (Å²) in [7, 11) is 0. The highest BCUT2D eigenvalue weighted by Crippen LogP contribution is 2.49. The molecule has 2 unspecified atom stereocenters. The minimum absolute atomic E-state index is 0.0106. The topological polar surface area (TPSA) is 32.3 Å². The Kier molecular flexibility index (Phi) is 3.13. The maximum absolute atomic E-state index is 12.3. The lowest BCUT2D eigenvalue weighted by Crippen LogP contribution is -2.44. The predicted molar refractivity (Wildman–Crippen MR) is 71.9 cm³/mol. The molecule has 3 rings (SSSR count). The summed E-state index contributed by atoms with van der Waals surface area (Å²) in [6, 6.07) is 0.0106. The van der Waals surface area contributed by atoms with E-state index in [1.807, 2.05) is 6.92 Å². The first-order valence-electron chi connectivity index (χ1n) is 7.64. The highest BCUT2D eigenvalue weighted by Gasteiger charge is 2.46. The monoisotopic (exact) mass is 250 g/mol. The molecule has 1 heterocycles. The molecule has 2 aliphatic carbocycles. The maximum atomic E-state index is 12.3. The summed E-state index contributed by atoms with van der Waals surface area (Å²) in [5, 5.41) is 3.45. The summed E-state index contributed by atoms with van der Waals surface area (Å²) in [6.45, 7) is 7.42. The molecule has 1 N–H and O–H groups in total. The lowest BCUT2D eigenvalue weighted by Gasteiger charge is -2.31. The van der Waals surface area contributed by atoms with Gasteiger partial charge in [-0.15, -0.1) is 0 Å². The number of nitrogens with one attached hydrogen (secondary N) is 1. The Hall–Kier alpha value is -0.570. The summed E-state index contributed by atoms with van der Waals surface area (Å²) in [6.07, 6.45) is 5.86. The van der Waals surface area contributed by atoms with Gasteiger partial charge in [0, 0.05) is 6.54 Å². The van der Waals surface area contributed by atoms with Crippen molar-refractivity contribution < 1.29 is 4.79 Å². The zero-order valence-electron chi connectivity index (χ0n) is 11.9. The van der Waals surface area contributed by atoms with Crippen molar-refractivity contribution in [1.29, 1.82) is 0 Å². The van der Waals surface area contributed by atoms with Gasteiger partial charge in [-0.3, -0.25) is 10.1 Å². The van der Waals surface area contributed by atoms with E-state index in [0.29, 0.717) is 11.8 Å². The van der Waals surface area contributed by atoms with E-state index < -0.39 is 0 Å². The highest BCUT2D eigenvalue weighted by atomic mass is 16.2. The van der Waals surface area contributed by atoms with Crippen molar-refractivity contribution in [3.05, 3.63) is 0 Å². The quantitative estimate of drug-likeness (QED) is 0.811. The molecule has 3 aliphatic rings. The van der Waals surface area contributed by atoms with Gasteiger partial charge in [-0.25, -0.2) is 0 Å². The van der Waals surface area contributed by atoms with Crippen LogP contribution in [0.3, 0.4) is 0 Å². The molecule has 18 heavy (non-hydrogen) atoms. The highest BCUT2D eigenvalue weighted by molar-refractivity contribution is 5.84. The minimum atomic E-state index is 0.0106. The van der Waals surface area contributed by atoms with Crippen LogP contribution < -0.4 is 5.32 Å². The molecular formula is C15H26N2O. The van der Waals surface area contributed by atoms with Crippen molar-refractivity contribution >= 4 is 5.91 Å². The van der Waals surface area contributed by atoms with Crippen LogP contribution >= 0.6 is 0 Å². The summed E-state index contributed by atoms with van der Waals surface area (Å²) in [5.41, 5.74) is 0. The largest absolute Gasteiger partial charge is 0.325 e. The van der Waals surface area contributed by atoms with E-state index in [1.165, 1.54) is 25.7 Å². The number of rotatable bonds is 5. The first kappa shape index (κ1) is 12.5. The maximum Gasteiger partial charge on any atom is 0.240 e. The first-order valence-corrected chi connectivity index (χ1v) is 7.64. The molecule has 0 spiro atoms. The van der Waals surface area contributed by atoms with Gasteiger partial charge < -0.3 is 4.90 Å². The van der Waals surface area contributed by atoms with Crippen molar-refractivity contribution in [2.24, 2.45) is 23.7 Å². The Morgan fingerprint density at radius 3 is 2.22 bits per heavy atom. The summed E-state index contributed by atoms with van der Waals surface area (Å²) in [5.74, 6) is 3.46. The van der Waals surface area contributed by atoms with Crippen molar-refractivity contribution in [2.45, 2.75) is 58.7 Å². The van der Waals surface area contributed by atoms with Crippen molar-refractivity contribution in [1.82, 2.24) is 10.2 Å². The number of amides is 1. The van der Waals surface area contributed by atoms with Crippen LogP contribution in [0.1, 0.15) is 46.5 Å². The van der Waals surface area contributed by atoms with Gasteiger partial charge in [-0.2, -0.15) is 0 Å². The fourth-order valence-corrected chi connectivity index (χ4v) is 3.52. The lowest BCUT2D eigenvalue weighted by molar-refractivity contribution is -0.131. The van der Waals surface area contributed by atoms with Crippen LogP contribution in [0.2, 0.25) is 0 Å². The van der Waals surface area contributed by atoms with Gasteiger partial charge in [0.15, 0.2) is 0 Å². The van der Waals surface area contributed by atoms with Crippen LogP contribution in [-0.4, -0.2) is 29.6 Å². The van der Waals surface area contributed by atoms with Gasteiger partial charge in [-0.1, -0.05) is 13.8 Å². The average Bonchev–Trinajstić information content (AvgIpc) is 3.20. The second-order valence-corrected chi connectivity index (χ2v) is 6.91. The third-order valence-electron chi connectivity index (χ3n) is 4.90. The molecule has 3 fully saturated rings. The first-order chi connectivity index (χ1) is 8.58. The number of carbonyl (C=O) groups excluding carboxylic acids is 1. The molecule has 1 saturated heterocycles. The van der Waals surface area contributed by atoms with Crippen molar-refractivity contribution in [3.8, 4) is 0 Å². The number of hydrogen-bond acceptors (Lipinski definition) is 2. The Labute approximate surface area is 110 Å². The normalized spacial score (nSPS) is 32.9. The standard InChI is InChI=1S/C15H26N2O/c1-9(2)14-16-10(3)15(18)17(14)8-13(11-4-5-11)12-6-7-12/h9-14,16H,4-8H2,1-3H3. The molecule has 102 valence electrons. The Morgan fingerprint density at radius 2 is 1.78 bits per heavy atom. The third kappa shape index (κ3) is 2.29. The minimum Gasteiger partial charge on any atom is -0.325 e. The third-order valence-corrected chi connectivity index (χ3v) is 4.90. The molecule has 0 aromatic carbocycles. The van der Waals surface area contributed by atoms with Crippen LogP contribution in [0, 0.1) is 23.7 Å². The van der Waals surface area contributed by atoms with Gasteiger partial charge in [0.2, 0.25) is 5.91 Å². The lowest BCUT2D eigenvalue weighted by atomic mass is 9.96. The Bertz CT molecular complexity index is 321. The SMILES string of the molecule is CC1NC(C(C)C)N(CC(C2CC2)C2CC2)C1=O. The van der Waals surface area contributed by atoms with Gasteiger partial charge >= 0.3 is 0 Å². The molecule has 0 radical (unpaired) electrons. The van der Waals surface area contributed by atoms with Crippen LogP contribution in [0.4, 0.5) is 0 Å². The predicted octanol–water partition coefficient (Wildman–Crippen LogP) is 2.23. The molecule has 0 aromatic heterocycles. The van der Waals surface area contributed by atoms with Crippen molar-refractivity contribution in [3.63, 3.8) is 0 Å². The van der Waals surface area contributed by atoms with Crippen molar-refractivity contribution in [2.75, 3.05) is 6.54 Å². The molecule has 0 aromatic rings. The summed E-state index contributed by atoms with van der Waals surface area (Å²) < 4.78 is 0. The van der Waals surface area contributed by atoms with E-state index in [-0.39, 0.29) is 12.2 Å². The van der Waals surface area contributed by atoms with Crippen LogP contribution in [0.25, 0.3) is 0 Å². The molecule has 3 nitrogen and oxygen atoms in total. The van der Waals surface area contributed by atoms with E-state index in [4.69, 9.17) is 0 Å². The molecule has 2 atom stereocenters. The van der Waals surface area contributed by atoms with Gasteiger partial charge in [-0.05, 0) is 56.3 Å². The molecule has 2 saturated carbocycles. The van der Waals surface area contributed by atoms with Crippen LogP contribution in [-0.2, 0) is 4.79 Å². The van der Waals surface area contributed by atoms with E-state index in [0.717, 1.165) is 24.3 Å². The zero-order chi connectivity index (χ0) is 12.9. The van der Waals surface area contributed by atoms with Gasteiger partial charge in [0.05, 0.1) is 12.2 Å². The molecule has 1 amide bonds. The second kappa shape index (κ2) is 4.52.